The molecule has 0 radical (unpaired) electrons. The predicted octanol–water partition coefficient (Wildman–Crippen LogP) is 1.55. The zero-order valence-corrected chi connectivity index (χ0v) is 8.19. The quantitative estimate of drug-likeness (QED) is 0.729. The molecule has 0 saturated heterocycles. The number of hydrogen-bond acceptors (Lipinski definition) is 2. The van der Waals surface area contributed by atoms with Crippen molar-refractivity contribution in [3.05, 3.63) is 48.0 Å². The second kappa shape index (κ2) is 3.95. The average molecular weight is 189 g/mol. The van der Waals surface area contributed by atoms with Crippen molar-refractivity contribution in [1.29, 1.82) is 0 Å². The van der Waals surface area contributed by atoms with Gasteiger partial charge in [-0.3, -0.25) is 4.90 Å². The fraction of sp³-hybridized carbons (Fsp3) is 0.333. The fourth-order valence-electron chi connectivity index (χ4n) is 1.93. The number of benzene rings is 1. The molecule has 1 heterocycles. The normalized spacial score (nSPS) is 17.8. The lowest BCUT2D eigenvalue weighted by atomic mass is 10.1. The average Bonchev–Trinajstić information content (AvgIpc) is 2.63. The number of aliphatic hydroxyl groups excluding tert-OH is 1. The van der Waals surface area contributed by atoms with Crippen molar-refractivity contribution in [2.45, 2.75) is 19.1 Å². The van der Waals surface area contributed by atoms with Gasteiger partial charge in [0.1, 0.15) is 0 Å². The Hall–Kier alpha value is -1.12. The van der Waals surface area contributed by atoms with E-state index in [9.17, 15) is 0 Å². The van der Waals surface area contributed by atoms with Crippen LogP contribution in [0.2, 0.25) is 0 Å². The van der Waals surface area contributed by atoms with Gasteiger partial charge in [-0.05, 0) is 11.1 Å². The summed E-state index contributed by atoms with van der Waals surface area (Å²) in [6.45, 7) is 5.74. The van der Waals surface area contributed by atoms with Crippen LogP contribution in [0.4, 0.5) is 0 Å². The highest BCUT2D eigenvalue weighted by Gasteiger charge is 2.22. The van der Waals surface area contributed by atoms with Crippen LogP contribution in [0.15, 0.2) is 36.9 Å². The van der Waals surface area contributed by atoms with Gasteiger partial charge in [0.05, 0.1) is 12.6 Å². The Bertz CT molecular complexity index is 310. The van der Waals surface area contributed by atoms with Crippen LogP contribution in [0.1, 0.15) is 11.1 Å². The topological polar surface area (TPSA) is 23.5 Å². The summed E-state index contributed by atoms with van der Waals surface area (Å²) in [6, 6.07) is 8.50. The molecule has 1 aliphatic heterocycles. The van der Waals surface area contributed by atoms with Gasteiger partial charge in [-0.15, -0.1) is 6.58 Å². The van der Waals surface area contributed by atoms with Crippen LogP contribution in [0.5, 0.6) is 0 Å². The van der Waals surface area contributed by atoms with E-state index in [-0.39, 0.29) is 12.6 Å². The molecule has 0 aromatic heterocycles. The molecule has 1 unspecified atom stereocenters. The number of fused-ring (bicyclic) bond motifs is 1. The third-order valence-electron chi connectivity index (χ3n) is 2.79. The van der Waals surface area contributed by atoms with Crippen LogP contribution >= 0.6 is 0 Å². The Morgan fingerprint density at radius 1 is 1.36 bits per heavy atom. The minimum absolute atomic E-state index is 0.0856. The third-order valence-corrected chi connectivity index (χ3v) is 2.79. The largest absolute Gasteiger partial charge is 0.394 e. The van der Waals surface area contributed by atoms with Gasteiger partial charge in [0, 0.05) is 13.1 Å². The Labute approximate surface area is 84.5 Å². The summed E-state index contributed by atoms with van der Waals surface area (Å²) >= 11 is 0. The molecule has 1 N–H and O–H groups in total. The maximum atomic E-state index is 9.15. The molecule has 0 saturated carbocycles. The summed E-state index contributed by atoms with van der Waals surface area (Å²) in [6.07, 6.45) is 1.81. The van der Waals surface area contributed by atoms with Gasteiger partial charge in [-0.1, -0.05) is 30.3 Å². The van der Waals surface area contributed by atoms with Crippen molar-refractivity contribution < 1.29 is 5.11 Å². The van der Waals surface area contributed by atoms with Crippen LogP contribution in [0, 0.1) is 0 Å². The summed E-state index contributed by atoms with van der Waals surface area (Å²) in [7, 11) is 0. The van der Waals surface area contributed by atoms with Crippen LogP contribution < -0.4 is 0 Å². The maximum Gasteiger partial charge on any atom is 0.0622 e. The van der Waals surface area contributed by atoms with Crippen LogP contribution in [-0.2, 0) is 13.1 Å². The van der Waals surface area contributed by atoms with Crippen molar-refractivity contribution in [2.24, 2.45) is 0 Å². The molecule has 0 aliphatic carbocycles. The third kappa shape index (κ3) is 1.59. The summed E-state index contributed by atoms with van der Waals surface area (Å²) in [5.41, 5.74) is 2.74. The van der Waals surface area contributed by atoms with E-state index in [0.29, 0.717) is 0 Å². The molecule has 1 aromatic carbocycles. The van der Waals surface area contributed by atoms with E-state index in [0.717, 1.165) is 13.1 Å². The zero-order valence-electron chi connectivity index (χ0n) is 8.19. The van der Waals surface area contributed by atoms with E-state index in [4.69, 9.17) is 5.11 Å². The predicted molar refractivity (Wildman–Crippen MR) is 56.8 cm³/mol. The Morgan fingerprint density at radius 3 is 2.36 bits per heavy atom. The standard InChI is InChI=1S/C12H15NO/c1-2-12(9-14)13-7-10-5-3-4-6-11(10)8-13/h2-6,12,14H,1,7-9H2. The van der Waals surface area contributed by atoms with Crippen molar-refractivity contribution in [1.82, 2.24) is 4.90 Å². The first-order chi connectivity index (χ1) is 6.85. The van der Waals surface area contributed by atoms with E-state index < -0.39 is 0 Å². The smallest absolute Gasteiger partial charge is 0.0622 e. The summed E-state index contributed by atoms with van der Waals surface area (Å²) in [5.74, 6) is 0. The SMILES string of the molecule is C=CC(CO)N1Cc2ccccc2C1. The van der Waals surface area contributed by atoms with Crippen molar-refractivity contribution in [2.75, 3.05) is 6.61 Å². The van der Waals surface area contributed by atoms with Crippen LogP contribution in [0.25, 0.3) is 0 Å². The highest BCUT2D eigenvalue weighted by atomic mass is 16.3. The van der Waals surface area contributed by atoms with E-state index in [1.165, 1.54) is 11.1 Å². The minimum atomic E-state index is 0.0856. The molecule has 1 aliphatic rings. The molecule has 0 bridgehead atoms. The Kier molecular flexibility index (Phi) is 2.66. The first-order valence-corrected chi connectivity index (χ1v) is 4.89. The lowest BCUT2D eigenvalue weighted by Crippen LogP contribution is -2.31. The molecular formula is C12H15NO. The molecule has 1 atom stereocenters. The van der Waals surface area contributed by atoms with E-state index in [1.54, 1.807) is 0 Å². The zero-order chi connectivity index (χ0) is 9.97. The highest BCUT2D eigenvalue weighted by molar-refractivity contribution is 5.30. The molecule has 0 fully saturated rings. The van der Waals surface area contributed by atoms with Gasteiger partial charge in [0.15, 0.2) is 0 Å². The second-order valence-corrected chi connectivity index (χ2v) is 3.66. The number of aliphatic hydroxyl groups is 1. The molecule has 74 valence electrons. The summed E-state index contributed by atoms with van der Waals surface area (Å²) in [4.78, 5) is 2.23. The molecule has 2 heteroatoms. The van der Waals surface area contributed by atoms with Gasteiger partial charge in [0.25, 0.3) is 0 Å². The number of rotatable bonds is 3. The summed E-state index contributed by atoms with van der Waals surface area (Å²) < 4.78 is 0. The molecule has 2 nitrogen and oxygen atoms in total. The molecular weight excluding hydrogens is 174 g/mol. The number of hydrogen-bond donors (Lipinski definition) is 1. The lowest BCUT2D eigenvalue weighted by molar-refractivity contribution is 0.152. The van der Waals surface area contributed by atoms with Crippen LogP contribution in [0.3, 0.4) is 0 Å². The van der Waals surface area contributed by atoms with Gasteiger partial charge in [-0.2, -0.15) is 0 Å². The Balaban J connectivity index is 2.14. The van der Waals surface area contributed by atoms with Gasteiger partial charge in [0.2, 0.25) is 0 Å². The first-order valence-electron chi connectivity index (χ1n) is 4.89. The van der Waals surface area contributed by atoms with Gasteiger partial charge in [-0.25, -0.2) is 0 Å². The summed E-state index contributed by atoms with van der Waals surface area (Å²) in [5, 5.41) is 9.15. The van der Waals surface area contributed by atoms with Crippen molar-refractivity contribution in [3.8, 4) is 0 Å². The molecule has 1 aromatic rings. The molecule has 0 amide bonds. The second-order valence-electron chi connectivity index (χ2n) is 3.66. The van der Waals surface area contributed by atoms with E-state index >= 15 is 0 Å². The molecule has 14 heavy (non-hydrogen) atoms. The molecule has 2 rings (SSSR count). The van der Waals surface area contributed by atoms with E-state index in [2.05, 4.69) is 35.7 Å². The Morgan fingerprint density at radius 2 is 1.93 bits per heavy atom. The van der Waals surface area contributed by atoms with Crippen molar-refractivity contribution in [3.63, 3.8) is 0 Å². The monoisotopic (exact) mass is 189 g/mol. The fourth-order valence-corrected chi connectivity index (χ4v) is 1.93. The van der Waals surface area contributed by atoms with Crippen molar-refractivity contribution >= 4 is 0 Å². The number of nitrogens with zero attached hydrogens (tertiary/aromatic N) is 1. The van der Waals surface area contributed by atoms with E-state index in [1.807, 2.05) is 6.08 Å². The minimum Gasteiger partial charge on any atom is -0.394 e. The first kappa shape index (κ1) is 9.44. The molecule has 0 spiro atoms. The lowest BCUT2D eigenvalue weighted by Gasteiger charge is -2.22. The van der Waals surface area contributed by atoms with Gasteiger partial charge >= 0.3 is 0 Å². The highest BCUT2D eigenvalue weighted by Crippen LogP contribution is 2.24. The van der Waals surface area contributed by atoms with Crippen LogP contribution in [-0.4, -0.2) is 22.7 Å². The van der Waals surface area contributed by atoms with Gasteiger partial charge < -0.3 is 5.11 Å². The maximum absolute atomic E-state index is 9.15.